The highest BCUT2D eigenvalue weighted by atomic mass is 16.1. The quantitative estimate of drug-likeness (QED) is 0.463. The summed E-state index contributed by atoms with van der Waals surface area (Å²) in [6.07, 6.45) is 6.71. The van der Waals surface area contributed by atoms with Crippen molar-refractivity contribution in [1.82, 2.24) is 4.90 Å². The Balaban J connectivity index is 3.86. The summed E-state index contributed by atoms with van der Waals surface area (Å²) in [5, 5.41) is 0. The first-order chi connectivity index (χ1) is 6.20. The van der Waals surface area contributed by atoms with Crippen LogP contribution in [0.5, 0.6) is 0 Å². The van der Waals surface area contributed by atoms with Crippen molar-refractivity contribution in [2.45, 2.75) is 0 Å². The zero-order chi connectivity index (χ0) is 10.1. The minimum Gasteiger partial charge on any atom is -0.366 e. The molecule has 0 aromatic rings. The van der Waals surface area contributed by atoms with Crippen LogP contribution in [0.3, 0.4) is 0 Å². The lowest BCUT2D eigenvalue weighted by Gasteiger charge is -2.15. The van der Waals surface area contributed by atoms with Crippen LogP contribution in [0.15, 0.2) is 37.5 Å². The number of hydrogen-bond donors (Lipinski definition) is 1. The smallest absolute Gasteiger partial charge is 0.241 e. The predicted octanol–water partition coefficient (Wildman–Crippen LogP) is 0.702. The van der Waals surface area contributed by atoms with Gasteiger partial charge in [-0.2, -0.15) is 0 Å². The average Bonchev–Trinajstić information content (AvgIpc) is 2.04. The van der Waals surface area contributed by atoms with Crippen LogP contribution in [0.2, 0.25) is 0 Å². The molecule has 0 aliphatic rings. The Labute approximate surface area is 79.2 Å². The second-order valence-electron chi connectivity index (χ2n) is 2.60. The summed E-state index contributed by atoms with van der Waals surface area (Å²) >= 11 is 0. The van der Waals surface area contributed by atoms with Gasteiger partial charge in [0.2, 0.25) is 5.91 Å². The average molecular weight is 180 g/mol. The molecular weight excluding hydrogens is 164 g/mol. The molecular formula is C10H16N2O. The molecule has 0 bridgehead atoms. The van der Waals surface area contributed by atoms with Crippen molar-refractivity contribution in [3.05, 3.63) is 37.5 Å². The fraction of sp³-hybridized carbons (Fsp3) is 0.300. The molecule has 13 heavy (non-hydrogen) atoms. The molecule has 0 atom stereocenters. The van der Waals surface area contributed by atoms with Gasteiger partial charge in [-0.05, 0) is 6.08 Å². The molecule has 0 aliphatic heterocycles. The molecule has 0 heterocycles. The zero-order valence-corrected chi connectivity index (χ0v) is 7.78. The number of hydrogen-bond acceptors (Lipinski definition) is 2. The summed E-state index contributed by atoms with van der Waals surface area (Å²) in [6.45, 7) is 9.50. The SMILES string of the molecule is C=CCN(CC=C)CC=CC(N)=O. The van der Waals surface area contributed by atoms with Crippen LogP contribution < -0.4 is 5.73 Å². The molecule has 0 aromatic heterocycles. The van der Waals surface area contributed by atoms with E-state index in [4.69, 9.17) is 5.73 Å². The number of nitrogens with two attached hydrogens (primary N) is 1. The van der Waals surface area contributed by atoms with Crippen molar-refractivity contribution in [3.63, 3.8) is 0 Å². The molecule has 1 amide bonds. The Hall–Kier alpha value is -1.35. The van der Waals surface area contributed by atoms with Crippen LogP contribution >= 0.6 is 0 Å². The van der Waals surface area contributed by atoms with Crippen molar-refractivity contribution in [2.24, 2.45) is 5.73 Å². The van der Waals surface area contributed by atoms with Crippen molar-refractivity contribution in [1.29, 1.82) is 0 Å². The van der Waals surface area contributed by atoms with Gasteiger partial charge in [0.1, 0.15) is 0 Å². The predicted molar refractivity (Wildman–Crippen MR) is 55.2 cm³/mol. The van der Waals surface area contributed by atoms with E-state index in [9.17, 15) is 4.79 Å². The second kappa shape index (κ2) is 7.31. The molecule has 2 N–H and O–H groups in total. The molecule has 0 radical (unpaired) electrons. The van der Waals surface area contributed by atoms with Crippen LogP contribution in [0, 0.1) is 0 Å². The van der Waals surface area contributed by atoms with Crippen LogP contribution in [-0.4, -0.2) is 30.4 Å². The molecule has 0 saturated carbocycles. The van der Waals surface area contributed by atoms with Gasteiger partial charge in [0.25, 0.3) is 0 Å². The minimum atomic E-state index is -0.419. The van der Waals surface area contributed by atoms with Gasteiger partial charge in [-0.1, -0.05) is 18.2 Å². The van der Waals surface area contributed by atoms with E-state index in [1.807, 2.05) is 12.2 Å². The lowest BCUT2D eigenvalue weighted by atomic mass is 10.4. The molecule has 0 aromatic carbocycles. The summed E-state index contributed by atoms with van der Waals surface area (Å²) in [4.78, 5) is 12.4. The Morgan fingerprint density at radius 3 is 2.15 bits per heavy atom. The first-order valence-corrected chi connectivity index (χ1v) is 4.10. The van der Waals surface area contributed by atoms with E-state index in [2.05, 4.69) is 18.1 Å². The Morgan fingerprint density at radius 2 is 1.77 bits per heavy atom. The maximum atomic E-state index is 10.4. The van der Waals surface area contributed by atoms with Gasteiger partial charge in [-0.15, -0.1) is 13.2 Å². The third kappa shape index (κ3) is 7.03. The van der Waals surface area contributed by atoms with Gasteiger partial charge >= 0.3 is 0 Å². The van der Waals surface area contributed by atoms with E-state index in [1.54, 1.807) is 6.08 Å². The molecule has 0 rings (SSSR count). The van der Waals surface area contributed by atoms with Crippen molar-refractivity contribution >= 4 is 5.91 Å². The summed E-state index contributed by atoms with van der Waals surface area (Å²) in [7, 11) is 0. The van der Waals surface area contributed by atoms with Crippen LogP contribution in [0.1, 0.15) is 0 Å². The first-order valence-electron chi connectivity index (χ1n) is 4.10. The number of carbonyl (C=O) groups excluding carboxylic acids is 1. The van der Waals surface area contributed by atoms with Crippen LogP contribution in [-0.2, 0) is 4.79 Å². The Morgan fingerprint density at radius 1 is 1.23 bits per heavy atom. The summed E-state index contributed by atoms with van der Waals surface area (Å²) in [6, 6.07) is 0. The van der Waals surface area contributed by atoms with Gasteiger partial charge in [0.05, 0.1) is 0 Å². The van der Waals surface area contributed by atoms with E-state index in [1.165, 1.54) is 6.08 Å². The third-order valence-electron chi connectivity index (χ3n) is 1.42. The third-order valence-corrected chi connectivity index (χ3v) is 1.42. The van der Waals surface area contributed by atoms with Gasteiger partial charge < -0.3 is 5.73 Å². The molecule has 0 fully saturated rings. The topological polar surface area (TPSA) is 46.3 Å². The van der Waals surface area contributed by atoms with E-state index in [0.29, 0.717) is 6.54 Å². The zero-order valence-electron chi connectivity index (χ0n) is 7.78. The number of rotatable bonds is 7. The van der Waals surface area contributed by atoms with Crippen LogP contribution in [0.25, 0.3) is 0 Å². The molecule has 0 saturated heterocycles. The van der Waals surface area contributed by atoms with Gasteiger partial charge in [0, 0.05) is 19.6 Å². The monoisotopic (exact) mass is 180 g/mol. The summed E-state index contributed by atoms with van der Waals surface area (Å²) in [5.74, 6) is -0.419. The fourth-order valence-electron chi connectivity index (χ4n) is 0.907. The van der Waals surface area contributed by atoms with E-state index < -0.39 is 5.91 Å². The summed E-state index contributed by atoms with van der Waals surface area (Å²) < 4.78 is 0. The maximum absolute atomic E-state index is 10.4. The highest BCUT2D eigenvalue weighted by Crippen LogP contribution is 1.89. The van der Waals surface area contributed by atoms with Gasteiger partial charge in [-0.3, -0.25) is 9.69 Å². The van der Waals surface area contributed by atoms with E-state index >= 15 is 0 Å². The molecule has 0 spiro atoms. The van der Waals surface area contributed by atoms with E-state index in [0.717, 1.165) is 13.1 Å². The van der Waals surface area contributed by atoms with Gasteiger partial charge in [-0.25, -0.2) is 0 Å². The second-order valence-corrected chi connectivity index (χ2v) is 2.60. The number of primary amides is 1. The largest absolute Gasteiger partial charge is 0.366 e. The Bertz CT molecular complexity index is 199. The lowest BCUT2D eigenvalue weighted by molar-refractivity contribution is -0.113. The molecule has 72 valence electrons. The fourth-order valence-corrected chi connectivity index (χ4v) is 0.907. The molecule has 3 heteroatoms. The number of nitrogens with zero attached hydrogens (tertiary/aromatic N) is 1. The van der Waals surface area contributed by atoms with Crippen molar-refractivity contribution in [2.75, 3.05) is 19.6 Å². The minimum absolute atomic E-state index is 0.419. The van der Waals surface area contributed by atoms with E-state index in [-0.39, 0.29) is 0 Å². The normalized spacial score (nSPS) is 10.5. The standard InChI is InChI=1S/C10H16N2O/c1-3-7-12(8-4-2)9-5-6-10(11)13/h3-6H,1-2,7-9H2,(H2,11,13). The molecule has 0 aliphatic carbocycles. The molecule has 0 unspecified atom stereocenters. The number of carbonyl (C=O) groups is 1. The van der Waals surface area contributed by atoms with Gasteiger partial charge in [0.15, 0.2) is 0 Å². The van der Waals surface area contributed by atoms with Crippen LogP contribution in [0.4, 0.5) is 0 Å². The highest BCUT2D eigenvalue weighted by molar-refractivity contribution is 5.85. The lowest BCUT2D eigenvalue weighted by Crippen LogP contribution is -2.24. The maximum Gasteiger partial charge on any atom is 0.241 e. The summed E-state index contributed by atoms with van der Waals surface area (Å²) in [5.41, 5.74) is 4.94. The number of amides is 1. The van der Waals surface area contributed by atoms with Crippen molar-refractivity contribution < 1.29 is 4.79 Å². The Kier molecular flexibility index (Phi) is 6.55. The van der Waals surface area contributed by atoms with Crippen molar-refractivity contribution in [3.8, 4) is 0 Å². The molecule has 3 nitrogen and oxygen atoms in total. The first kappa shape index (κ1) is 11.6. The highest BCUT2D eigenvalue weighted by Gasteiger charge is 1.96.